The minimum atomic E-state index is 0. The van der Waals surface area contributed by atoms with Crippen molar-refractivity contribution in [3.05, 3.63) is 36.4 Å². The van der Waals surface area contributed by atoms with Gasteiger partial charge in [0.25, 0.3) is 0 Å². The van der Waals surface area contributed by atoms with E-state index >= 15 is 0 Å². The van der Waals surface area contributed by atoms with Crippen LogP contribution in [0, 0.1) is 0 Å². The second-order valence-electron chi connectivity index (χ2n) is 4.91. The Hall–Kier alpha value is -2.04. The van der Waals surface area contributed by atoms with Crippen LogP contribution in [0.3, 0.4) is 0 Å². The Morgan fingerprint density at radius 1 is 1.20 bits per heavy atom. The number of aromatic nitrogens is 3. The number of guanidine groups is 1. The molecule has 2 N–H and O–H groups in total. The minimum absolute atomic E-state index is 0. The summed E-state index contributed by atoms with van der Waals surface area (Å²) >= 11 is 0. The van der Waals surface area contributed by atoms with Crippen LogP contribution in [0.15, 0.2) is 35.6 Å². The largest absolute Gasteiger partial charge is 0.497 e. The average molecular weight is 460 g/mol. The lowest BCUT2D eigenvalue weighted by Crippen LogP contribution is -2.39. The summed E-state index contributed by atoms with van der Waals surface area (Å²) in [6.07, 6.45) is 1.72. The first-order valence-electron chi connectivity index (χ1n) is 7.84. The highest BCUT2D eigenvalue weighted by Crippen LogP contribution is 2.16. The van der Waals surface area contributed by atoms with Gasteiger partial charge in [0.2, 0.25) is 0 Å². The topological polar surface area (TPSA) is 85.6 Å². The summed E-state index contributed by atoms with van der Waals surface area (Å²) in [6, 6.07) is 7.49. The molecule has 0 unspecified atom stereocenters. The third kappa shape index (κ3) is 6.77. The molecule has 25 heavy (non-hydrogen) atoms. The molecular formula is C16H25IN6O2. The maximum Gasteiger partial charge on any atom is 0.191 e. The molecule has 0 amide bonds. The SMILES string of the molecule is CCn1cnnc1CNC(=NC)NCCOc1ccc(OC)cc1.I. The van der Waals surface area contributed by atoms with E-state index in [0.29, 0.717) is 25.7 Å². The van der Waals surface area contributed by atoms with Gasteiger partial charge in [0.1, 0.15) is 24.4 Å². The highest BCUT2D eigenvalue weighted by Gasteiger charge is 2.04. The Morgan fingerprint density at radius 2 is 1.92 bits per heavy atom. The van der Waals surface area contributed by atoms with Crippen molar-refractivity contribution >= 4 is 29.9 Å². The molecule has 0 saturated carbocycles. The number of nitrogens with one attached hydrogen (secondary N) is 2. The second-order valence-corrected chi connectivity index (χ2v) is 4.91. The molecule has 138 valence electrons. The molecular weight excluding hydrogens is 435 g/mol. The van der Waals surface area contributed by atoms with E-state index in [1.165, 1.54) is 0 Å². The maximum atomic E-state index is 5.66. The van der Waals surface area contributed by atoms with E-state index in [9.17, 15) is 0 Å². The number of hydrogen-bond donors (Lipinski definition) is 2. The molecule has 1 heterocycles. The number of aliphatic imine (C=N–C) groups is 1. The quantitative estimate of drug-likeness (QED) is 0.270. The Morgan fingerprint density at radius 3 is 2.56 bits per heavy atom. The molecule has 0 spiro atoms. The van der Waals surface area contributed by atoms with Crippen LogP contribution in [0.4, 0.5) is 0 Å². The molecule has 0 aliphatic carbocycles. The van der Waals surface area contributed by atoms with Crippen LogP contribution in [-0.2, 0) is 13.1 Å². The van der Waals surface area contributed by atoms with Crippen molar-refractivity contribution in [1.82, 2.24) is 25.4 Å². The van der Waals surface area contributed by atoms with Crippen LogP contribution < -0.4 is 20.1 Å². The monoisotopic (exact) mass is 460 g/mol. The molecule has 1 aromatic carbocycles. The van der Waals surface area contributed by atoms with Gasteiger partial charge in [-0.3, -0.25) is 4.99 Å². The first kappa shape index (κ1) is 21.0. The van der Waals surface area contributed by atoms with Crippen molar-refractivity contribution in [1.29, 1.82) is 0 Å². The third-order valence-corrected chi connectivity index (χ3v) is 3.40. The summed E-state index contributed by atoms with van der Waals surface area (Å²) in [5, 5.41) is 14.4. The molecule has 0 bridgehead atoms. The second kappa shape index (κ2) is 11.5. The Bertz CT molecular complexity index is 644. The summed E-state index contributed by atoms with van der Waals surface area (Å²) < 4.78 is 12.8. The number of rotatable bonds is 8. The summed E-state index contributed by atoms with van der Waals surface area (Å²) in [5.41, 5.74) is 0. The molecule has 0 aliphatic rings. The molecule has 1 aromatic heterocycles. The first-order chi connectivity index (χ1) is 11.8. The fraction of sp³-hybridized carbons (Fsp3) is 0.438. The zero-order chi connectivity index (χ0) is 17.2. The van der Waals surface area contributed by atoms with Crippen LogP contribution in [0.5, 0.6) is 11.5 Å². The highest BCUT2D eigenvalue weighted by molar-refractivity contribution is 14.0. The Labute approximate surface area is 165 Å². The average Bonchev–Trinajstić information content (AvgIpc) is 3.09. The van der Waals surface area contributed by atoms with Crippen LogP contribution in [0.25, 0.3) is 0 Å². The van der Waals surface area contributed by atoms with E-state index in [1.54, 1.807) is 20.5 Å². The summed E-state index contributed by atoms with van der Waals surface area (Å²) in [7, 11) is 3.37. The number of ether oxygens (including phenoxy) is 2. The van der Waals surface area contributed by atoms with E-state index in [1.807, 2.05) is 28.8 Å². The van der Waals surface area contributed by atoms with E-state index < -0.39 is 0 Å². The van der Waals surface area contributed by atoms with Gasteiger partial charge in [0.05, 0.1) is 20.2 Å². The fourth-order valence-corrected chi connectivity index (χ4v) is 2.07. The zero-order valence-corrected chi connectivity index (χ0v) is 17.1. The van der Waals surface area contributed by atoms with Crippen molar-refractivity contribution < 1.29 is 9.47 Å². The van der Waals surface area contributed by atoms with Crippen LogP contribution in [-0.4, -0.2) is 48.0 Å². The lowest BCUT2D eigenvalue weighted by molar-refractivity contribution is 0.321. The standard InChI is InChI=1S/C16H24N6O2.HI/c1-4-22-12-20-21-15(22)11-19-16(17-2)18-9-10-24-14-7-5-13(23-3)6-8-14;/h5-8,12H,4,9-11H2,1-3H3,(H2,17,18,19);1H. The van der Waals surface area contributed by atoms with Crippen molar-refractivity contribution in [3.8, 4) is 11.5 Å². The van der Waals surface area contributed by atoms with Gasteiger partial charge in [0, 0.05) is 13.6 Å². The van der Waals surface area contributed by atoms with E-state index in [2.05, 4.69) is 32.7 Å². The molecule has 0 aliphatic heterocycles. The first-order valence-corrected chi connectivity index (χ1v) is 7.84. The van der Waals surface area contributed by atoms with Crippen LogP contribution >= 0.6 is 24.0 Å². The van der Waals surface area contributed by atoms with Crippen molar-refractivity contribution in [2.75, 3.05) is 27.3 Å². The van der Waals surface area contributed by atoms with E-state index in [4.69, 9.17) is 9.47 Å². The summed E-state index contributed by atoms with van der Waals surface area (Å²) in [4.78, 5) is 4.18. The van der Waals surface area contributed by atoms with E-state index in [0.717, 1.165) is 23.9 Å². The van der Waals surface area contributed by atoms with Crippen LogP contribution in [0.2, 0.25) is 0 Å². The molecule has 0 fully saturated rings. The molecule has 8 nitrogen and oxygen atoms in total. The number of hydrogen-bond acceptors (Lipinski definition) is 5. The Kier molecular flexibility index (Phi) is 9.66. The number of nitrogens with zero attached hydrogens (tertiary/aromatic N) is 4. The minimum Gasteiger partial charge on any atom is -0.497 e. The molecule has 2 rings (SSSR count). The van der Waals surface area contributed by atoms with E-state index in [-0.39, 0.29) is 24.0 Å². The zero-order valence-electron chi connectivity index (χ0n) is 14.7. The van der Waals surface area contributed by atoms with Gasteiger partial charge in [-0.15, -0.1) is 34.2 Å². The van der Waals surface area contributed by atoms with Crippen molar-refractivity contribution in [3.63, 3.8) is 0 Å². The number of methoxy groups -OCH3 is 1. The van der Waals surface area contributed by atoms with Gasteiger partial charge in [-0.1, -0.05) is 0 Å². The van der Waals surface area contributed by atoms with Crippen molar-refractivity contribution in [2.24, 2.45) is 4.99 Å². The molecule has 0 saturated heterocycles. The van der Waals surface area contributed by atoms with Gasteiger partial charge in [-0.25, -0.2) is 0 Å². The normalized spacial score (nSPS) is 10.8. The number of aryl methyl sites for hydroxylation is 1. The lowest BCUT2D eigenvalue weighted by Gasteiger charge is -2.12. The number of halogens is 1. The number of benzene rings is 1. The van der Waals surface area contributed by atoms with Gasteiger partial charge in [-0.05, 0) is 31.2 Å². The third-order valence-electron chi connectivity index (χ3n) is 3.40. The van der Waals surface area contributed by atoms with Gasteiger partial charge >= 0.3 is 0 Å². The lowest BCUT2D eigenvalue weighted by atomic mass is 10.3. The molecule has 2 aromatic rings. The highest BCUT2D eigenvalue weighted by atomic mass is 127. The maximum absolute atomic E-state index is 5.66. The van der Waals surface area contributed by atoms with Gasteiger partial charge < -0.3 is 24.7 Å². The van der Waals surface area contributed by atoms with Gasteiger partial charge in [0.15, 0.2) is 11.8 Å². The van der Waals surface area contributed by atoms with Crippen LogP contribution in [0.1, 0.15) is 12.7 Å². The predicted octanol–water partition coefficient (Wildman–Crippen LogP) is 1.67. The molecule has 0 radical (unpaired) electrons. The van der Waals surface area contributed by atoms with Gasteiger partial charge in [-0.2, -0.15) is 0 Å². The molecule has 9 heteroatoms. The Balaban J connectivity index is 0.00000312. The molecule has 0 atom stereocenters. The summed E-state index contributed by atoms with van der Waals surface area (Å²) in [6.45, 7) is 4.61. The fourth-order valence-electron chi connectivity index (χ4n) is 2.07. The summed E-state index contributed by atoms with van der Waals surface area (Å²) in [5.74, 6) is 3.18. The van der Waals surface area contributed by atoms with Crippen molar-refractivity contribution in [2.45, 2.75) is 20.0 Å². The predicted molar refractivity (Wildman–Crippen MR) is 108 cm³/mol. The smallest absolute Gasteiger partial charge is 0.191 e.